The van der Waals surface area contributed by atoms with Crippen LogP contribution in [0.3, 0.4) is 0 Å². The minimum atomic E-state index is 0.345. The van der Waals surface area contributed by atoms with Gasteiger partial charge in [-0.15, -0.1) is 0 Å². The van der Waals surface area contributed by atoms with Gasteiger partial charge in [0.2, 0.25) is 0 Å². The first-order chi connectivity index (χ1) is 8.45. The molecule has 1 rings (SSSR count). The van der Waals surface area contributed by atoms with E-state index >= 15 is 0 Å². The molecule has 0 aromatic rings. The molecular weight excluding hydrogens is 582 g/mol. The molecule has 18 heavy (non-hydrogen) atoms. The van der Waals surface area contributed by atoms with Crippen molar-refractivity contribution in [2.24, 2.45) is 5.92 Å². The monoisotopic (exact) mass is 604 g/mol. The van der Waals surface area contributed by atoms with Gasteiger partial charge >= 0.3 is 0 Å². The van der Waals surface area contributed by atoms with E-state index in [0.717, 1.165) is 13.8 Å². The van der Waals surface area contributed by atoms with Gasteiger partial charge in [-0.2, -0.15) is 0 Å². The quantitative estimate of drug-likeness (QED) is 0.226. The van der Waals surface area contributed by atoms with E-state index in [0.29, 0.717) is 4.32 Å². The van der Waals surface area contributed by atoms with Gasteiger partial charge in [-0.05, 0) is 44.9 Å². The van der Waals surface area contributed by atoms with Gasteiger partial charge in [0.25, 0.3) is 0 Å². The maximum Gasteiger partial charge on any atom is 0.0347 e. The Kier molecular flexibility index (Phi) is 9.69. The summed E-state index contributed by atoms with van der Waals surface area (Å²) in [5.41, 5.74) is 0. The van der Waals surface area contributed by atoms with E-state index in [1.165, 1.54) is 56.7 Å². The molecule has 0 nitrogen and oxygen atoms in total. The Morgan fingerprint density at radius 1 is 1.11 bits per heavy atom. The van der Waals surface area contributed by atoms with E-state index in [9.17, 15) is 0 Å². The van der Waals surface area contributed by atoms with E-state index in [1.807, 2.05) is 0 Å². The molecule has 0 aromatic heterocycles. The first kappa shape index (κ1) is 18.5. The molecule has 1 fully saturated rings. The smallest absolute Gasteiger partial charge is 0.0347 e. The fourth-order valence-corrected chi connectivity index (χ4v) is 5.63. The highest BCUT2D eigenvalue weighted by atomic mass is 127. The Bertz CT molecular complexity index is 234. The third-order valence-corrected chi connectivity index (χ3v) is 9.81. The van der Waals surface area contributed by atoms with E-state index in [2.05, 4.69) is 84.0 Å². The predicted molar refractivity (Wildman–Crippen MR) is 107 cm³/mol. The van der Waals surface area contributed by atoms with Crippen LogP contribution in [0.25, 0.3) is 0 Å². The summed E-state index contributed by atoms with van der Waals surface area (Å²) in [6.45, 7) is 2.39. The topological polar surface area (TPSA) is 0 Å². The summed E-state index contributed by atoms with van der Waals surface area (Å²) < 4.78 is 1.97. The molecule has 0 bridgehead atoms. The molecular formula is C14H24Br2I2. The van der Waals surface area contributed by atoms with Crippen LogP contribution in [-0.2, 0) is 0 Å². The van der Waals surface area contributed by atoms with Crippen LogP contribution in [0.15, 0.2) is 0 Å². The molecule has 1 saturated carbocycles. The standard InChI is InChI=1S/C14H24Br2I2/c1-14(16)8-4-6-12(17)9-11(10-15)5-2-3-7-13(14)18/h11-13H,2-10H2,1H3/t11?,12?,13?,14-/m0/s1. The second-order valence-electron chi connectivity index (χ2n) is 5.78. The highest BCUT2D eigenvalue weighted by Crippen LogP contribution is 2.38. The lowest BCUT2D eigenvalue weighted by Crippen LogP contribution is -2.28. The van der Waals surface area contributed by atoms with Crippen molar-refractivity contribution in [3.8, 4) is 0 Å². The zero-order valence-electron chi connectivity index (χ0n) is 11.1. The molecule has 0 spiro atoms. The summed E-state index contributed by atoms with van der Waals surface area (Å²) in [4.78, 5) is 0. The molecule has 0 saturated heterocycles. The van der Waals surface area contributed by atoms with Crippen LogP contribution in [0, 0.1) is 5.92 Å². The number of hydrogen-bond acceptors (Lipinski definition) is 0. The summed E-state index contributed by atoms with van der Waals surface area (Å²) in [6.07, 6.45) is 11.0. The van der Waals surface area contributed by atoms with Crippen LogP contribution >= 0.6 is 77.0 Å². The zero-order valence-corrected chi connectivity index (χ0v) is 18.6. The molecule has 4 atom stereocenters. The molecule has 108 valence electrons. The van der Waals surface area contributed by atoms with Crippen molar-refractivity contribution in [2.75, 3.05) is 5.33 Å². The summed E-state index contributed by atoms with van der Waals surface area (Å²) in [7, 11) is 0. The van der Waals surface area contributed by atoms with Crippen molar-refractivity contribution < 1.29 is 0 Å². The van der Waals surface area contributed by atoms with Crippen molar-refractivity contribution >= 4 is 77.0 Å². The average Bonchev–Trinajstić information content (AvgIpc) is 2.31. The number of alkyl halides is 4. The summed E-state index contributed by atoms with van der Waals surface area (Å²) >= 11 is 13.0. The molecule has 1 aliphatic carbocycles. The molecule has 3 unspecified atom stereocenters. The van der Waals surface area contributed by atoms with Crippen molar-refractivity contribution in [3.63, 3.8) is 0 Å². The summed E-state index contributed by atoms with van der Waals surface area (Å²) in [6, 6.07) is 0. The van der Waals surface area contributed by atoms with Gasteiger partial charge < -0.3 is 0 Å². The second kappa shape index (κ2) is 9.44. The van der Waals surface area contributed by atoms with Crippen LogP contribution in [0.1, 0.15) is 58.3 Å². The zero-order chi connectivity index (χ0) is 13.6. The summed E-state index contributed by atoms with van der Waals surface area (Å²) in [5.74, 6) is 0.898. The molecule has 1 aliphatic rings. The SMILES string of the molecule is C[C@]1(Br)CCCC(I)CC(CBr)CCCCC1I. The predicted octanol–water partition coefficient (Wildman–Crippen LogP) is 6.89. The van der Waals surface area contributed by atoms with Crippen LogP contribution in [-0.4, -0.2) is 17.5 Å². The van der Waals surface area contributed by atoms with E-state index in [-0.39, 0.29) is 0 Å². The average molecular weight is 606 g/mol. The largest absolute Gasteiger partial charge is 0.0925 e. The highest BCUT2D eigenvalue weighted by molar-refractivity contribution is 14.1. The van der Waals surface area contributed by atoms with Gasteiger partial charge in [-0.1, -0.05) is 96.3 Å². The van der Waals surface area contributed by atoms with Crippen molar-refractivity contribution in [3.05, 3.63) is 0 Å². The van der Waals surface area contributed by atoms with Gasteiger partial charge in [-0.3, -0.25) is 0 Å². The van der Waals surface area contributed by atoms with E-state index < -0.39 is 0 Å². The molecule has 0 aromatic carbocycles. The molecule has 0 aliphatic heterocycles. The lowest BCUT2D eigenvalue weighted by molar-refractivity contribution is 0.427. The molecule has 0 heterocycles. The maximum atomic E-state index is 3.98. The van der Waals surface area contributed by atoms with Crippen LogP contribution in [0.4, 0.5) is 0 Å². The fourth-order valence-electron chi connectivity index (χ4n) is 2.62. The maximum absolute atomic E-state index is 3.98. The van der Waals surface area contributed by atoms with Gasteiger partial charge in [-0.25, -0.2) is 0 Å². The Hall–Kier alpha value is 2.42. The fraction of sp³-hybridized carbons (Fsp3) is 1.00. The van der Waals surface area contributed by atoms with Crippen molar-refractivity contribution in [1.29, 1.82) is 0 Å². The Labute approximate surface area is 157 Å². The minimum absolute atomic E-state index is 0.345. The Balaban J connectivity index is 2.54. The third-order valence-electron chi connectivity index (χ3n) is 3.96. The van der Waals surface area contributed by atoms with Gasteiger partial charge in [0.1, 0.15) is 0 Å². The lowest BCUT2D eigenvalue weighted by Gasteiger charge is -2.30. The van der Waals surface area contributed by atoms with Crippen LogP contribution < -0.4 is 0 Å². The first-order valence-electron chi connectivity index (χ1n) is 6.98. The normalized spacial score (nSPS) is 40.8. The highest BCUT2D eigenvalue weighted by Gasteiger charge is 2.29. The van der Waals surface area contributed by atoms with E-state index in [1.54, 1.807) is 0 Å². The number of halogens is 4. The molecule has 0 amide bonds. The number of hydrogen-bond donors (Lipinski definition) is 0. The molecule has 0 radical (unpaired) electrons. The Morgan fingerprint density at radius 2 is 1.78 bits per heavy atom. The third kappa shape index (κ3) is 6.92. The van der Waals surface area contributed by atoms with Gasteiger partial charge in [0.15, 0.2) is 0 Å². The molecule has 0 N–H and O–H groups in total. The van der Waals surface area contributed by atoms with E-state index in [4.69, 9.17) is 0 Å². The molecule has 4 heteroatoms. The second-order valence-corrected chi connectivity index (χ2v) is 11.5. The van der Waals surface area contributed by atoms with Crippen LogP contribution in [0.2, 0.25) is 0 Å². The first-order valence-corrected chi connectivity index (χ1v) is 11.4. The van der Waals surface area contributed by atoms with Crippen molar-refractivity contribution in [2.45, 2.75) is 70.5 Å². The number of rotatable bonds is 1. The minimum Gasteiger partial charge on any atom is -0.0925 e. The van der Waals surface area contributed by atoms with Gasteiger partial charge in [0.05, 0.1) is 0 Å². The van der Waals surface area contributed by atoms with Crippen molar-refractivity contribution in [1.82, 2.24) is 0 Å². The van der Waals surface area contributed by atoms with Crippen LogP contribution in [0.5, 0.6) is 0 Å². The van der Waals surface area contributed by atoms with Gasteiger partial charge in [0, 0.05) is 17.5 Å². The lowest BCUT2D eigenvalue weighted by atomic mass is 9.91. The summed E-state index contributed by atoms with van der Waals surface area (Å²) in [5, 5.41) is 1.19. The Morgan fingerprint density at radius 3 is 2.44 bits per heavy atom.